The Morgan fingerprint density at radius 1 is 1.33 bits per heavy atom. The number of ether oxygens (including phenoxy) is 2. The molecule has 5 nitrogen and oxygen atoms in total. The van der Waals surface area contributed by atoms with E-state index in [0.29, 0.717) is 19.3 Å². The maximum Gasteiger partial charge on any atom is 0.160 e. The predicted molar refractivity (Wildman–Crippen MR) is 92.6 cm³/mol. The molecule has 2 aliphatic rings. The standard InChI is InChI=1S/C19H29NO4/c1-23-19-12-14(6-7-17(19)22)9-11-24-18-5-3-2-4-16(18)20-10-8-15(21)13-20/h6-7,12,15-16,18,21-22H,2-5,8-11,13H2,1H3/t15?,16-,18-/m1/s1/i9D2,10D2,11D2,13D2. The average molecular weight is 343 g/mol. The fraction of sp³-hybridized carbons (Fsp3) is 0.684. The highest BCUT2D eigenvalue weighted by molar-refractivity contribution is 5.41. The van der Waals surface area contributed by atoms with Gasteiger partial charge in [0.2, 0.25) is 0 Å². The van der Waals surface area contributed by atoms with Crippen molar-refractivity contribution >= 4 is 0 Å². The summed E-state index contributed by atoms with van der Waals surface area (Å²) in [6, 6.07) is 2.72. The number of hydrogen-bond acceptors (Lipinski definition) is 5. The number of likely N-dealkylation sites (tertiary alicyclic amines) is 1. The van der Waals surface area contributed by atoms with Gasteiger partial charge in [-0.15, -0.1) is 0 Å². The van der Waals surface area contributed by atoms with Crippen LogP contribution in [0.15, 0.2) is 18.2 Å². The molecule has 3 atom stereocenters. The third kappa shape index (κ3) is 4.21. The summed E-state index contributed by atoms with van der Waals surface area (Å²) >= 11 is 0. The second-order valence-corrected chi connectivity index (χ2v) is 6.00. The Morgan fingerprint density at radius 2 is 2.17 bits per heavy atom. The van der Waals surface area contributed by atoms with Crippen molar-refractivity contribution in [1.29, 1.82) is 0 Å². The quantitative estimate of drug-likeness (QED) is 0.830. The number of hydrogen-bond donors (Lipinski definition) is 2. The predicted octanol–water partition coefficient (Wildman–Crippen LogP) is 2.34. The molecule has 0 amide bonds. The van der Waals surface area contributed by atoms with E-state index in [2.05, 4.69) is 0 Å². The molecule has 1 heterocycles. The van der Waals surface area contributed by atoms with Gasteiger partial charge in [-0.25, -0.2) is 0 Å². The van der Waals surface area contributed by atoms with E-state index in [1.807, 2.05) is 0 Å². The van der Waals surface area contributed by atoms with Crippen LogP contribution < -0.4 is 4.74 Å². The number of aliphatic hydroxyl groups is 1. The topological polar surface area (TPSA) is 62.2 Å². The van der Waals surface area contributed by atoms with Crippen molar-refractivity contribution in [2.24, 2.45) is 0 Å². The van der Waals surface area contributed by atoms with Crippen LogP contribution in [0.2, 0.25) is 0 Å². The fourth-order valence-electron chi connectivity index (χ4n) is 3.08. The van der Waals surface area contributed by atoms with Crippen LogP contribution in [0.5, 0.6) is 11.5 Å². The molecular formula is C19H29NO4. The molecule has 2 fully saturated rings. The lowest BCUT2D eigenvalue weighted by molar-refractivity contribution is -0.0316. The Balaban J connectivity index is 1.91. The summed E-state index contributed by atoms with van der Waals surface area (Å²) in [5.74, 6) is -0.247. The lowest BCUT2D eigenvalue weighted by Gasteiger charge is -2.37. The molecule has 0 radical (unpaired) electrons. The van der Waals surface area contributed by atoms with E-state index >= 15 is 0 Å². The molecule has 1 aromatic carbocycles. The van der Waals surface area contributed by atoms with Crippen molar-refractivity contribution in [2.75, 3.05) is 26.7 Å². The molecule has 134 valence electrons. The molecule has 1 aromatic rings. The second-order valence-electron chi connectivity index (χ2n) is 6.00. The number of phenolic OH excluding ortho intramolecular Hbond substituents is 1. The van der Waals surface area contributed by atoms with Crippen LogP contribution in [0, 0.1) is 0 Å². The molecule has 1 saturated carbocycles. The molecule has 0 aromatic heterocycles. The van der Waals surface area contributed by atoms with Gasteiger partial charge in [0.15, 0.2) is 11.5 Å². The highest BCUT2D eigenvalue weighted by atomic mass is 16.5. The minimum Gasteiger partial charge on any atom is -0.504 e. The summed E-state index contributed by atoms with van der Waals surface area (Å²) in [7, 11) is 1.29. The van der Waals surface area contributed by atoms with Crippen LogP contribution in [0.3, 0.4) is 0 Å². The van der Waals surface area contributed by atoms with Crippen molar-refractivity contribution < 1.29 is 30.7 Å². The van der Waals surface area contributed by atoms with Gasteiger partial charge in [-0.2, -0.15) is 0 Å². The summed E-state index contributed by atoms with van der Waals surface area (Å²) in [5, 5.41) is 19.9. The van der Waals surface area contributed by atoms with Crippen LogP contribution in [-0.4, -0.2) is 60.0 Å². The van der Waals surface area contributed by atoms with Crippen molar-refractivity contribution in [3.63, 3.8) is 0 Å². The molecule has 1 aliphatic carbocycles. The Labute approximate surface area is 155 Å². The van der Waals surface area contributed by atoms with E-state index in [-0.39, 0.29) is 23.5 Å². The monoisotopic (exact) mass is 343 g/mol. The first-order valence-corrected chi connectivity index (χ1v) is 8.18. The van der Waals surface area contributed by atoms with Gasteiger partial charge in [-0.05, 0) is 43.3 Å². The fourth-order valence-corrected chi connectivity index (χ4v) is 3.08. The highest BCUT2D eigenvalue weighted by Gasteiger charge is 2.34. The number of methoxy groups -OCH3 is 1. The third-order valence-corrected chi connectivity index (χ3v) is 4.33. The first-order chi connectivity index (χ1) is 14.6. The summed E-state index contributed by atoms with van der Waals surface area (Å²) in [6.07, 6.45) is -3.75. The van der Waals surface area contributed by atoms with Gasteiger partial charge in [0, 0.05) is 27.3 Å². The lowest BCUT2D eigenvalue weighted by atomic mass is 9.91. The number of nitrogens with zero attached hydrogens (tertiary/aromatic N) is 1. The van der Waals surface area contributed by atoms with Crippen LogP contribution in [0.4, 0.5) is 0 Å². The van der Waals surface area contributed by atoms with Crippen LogP contribution in [-0.2, 0) is 11.1 Å². The molecule has 0 bridgehead atoms. The highest BCUT2D eigenvalue weighted by Crippen LogP contribution is 2.29. The van der Waals surface area contributed by atoms with Gasteiger partial charge in [0.1, 0.15) is 0 Å². The Bertz CT molecular complexity index is 838. The Hall–Kier alpha value is -1.30. The smallest absolute Gasteiger partial charge is 0.160 e. The number of benzene rings is 1. The van der Waals surface area contributed by atoms with Gasteiger partial charge in [0.05, 0.1) is 28.6 Å². The first-order valence-electron chi connectivity index (χ1n) is 12.2. The Kier molecular flexibility index (Phi) is 3.41. The number of rotatable bonds is 6. The van der Waals surface area contributed by atoms with Crippen molar-refractivity contribution in [3.8, 4) is 11.5 Å². The molecule has 24 heavy (non-hydrogen) atoms. The van der Waals surface area contributed by atoms with E-state index in [1.165, 1.54) is 25.3 Å². The molecule has 1 aliphatic heterocycles. The van der Waals surface area contributed by atoms with Crippen LogP contribution >= 0.6 is 0 Å². The summed E-state index contributed by atoms with van der Waals surface area (Å²) in [6.45, 7) is -7.40. The average Bonchev–Trinajstić information content (AvgIpc) is 2.84. The molecular weight excluding hydrogens is 306 g/mol. The number of aromatic hydroxyl groups is 1. The van der Waals surface area contributed by atoms with Gasteiger partial charge < -0.3 is 19.7 Å². The largest absolute Gasteiger partial charge is 0.504 e. The number of phenols is 1. The van der Waals surface area contributed by atoms with Crippen molar-refractivity contribution in [1.82, 2.24) is 4.90 Å². The third-order valence-electron chi connectivity index (χ3n) is 4.33. The Morgan fingerprint density at radius 3 is 2.92 bits per heavy atom. The van der Waals surface area contributed by atoms with E-state index < -0.39 is 50.6 Å². The van der Waals surface area contributed by atoms with Gasteiger partial charge in [-0.3, -0.25) is 4.90 Å². The molecule has 1 unspecified atom stereocenters. The normalized spacial score (nSPS) is 38.5. The molecule has 1 saturated heterocycles. The SMILES string of the molecule is [2H]C1([2H])CC(O)C([2H])([2H])N1[C@@H]1CCCC[C@H]1OC([2H])([2H])C([2H])([2H])c1ccc(O)c(OC)c1. The summed E-state index contributed by atoms with van der Waals surface area (Å²) in [4.78, 5) is 0.934. The second kappa shape index (κ2) is 8.19. The molecule has 2 N–H and O–H groups in total. The van der Waals surface area contributed by atoms with Crippen molar-refractivity contribution in [3.05, 3.63) is 23.8 Å². The van der Waals surface area contributed by atoms with E-state index in [0.717, 1.165) is 4.90 Å². The molecule has 0 spiro atoms. The summed E-state index contributed by atoms with van der Waals surface area (Å²) in [5.41, 5.74) is -0.119. The van der Waals surface area contributed by atoms with Gasteiger partial charge in [-0.1, -0.05) is 18.9 Å². The summed E-state index contributed by atoms with van der Waals surface area (Å²) < 4.78 is 77.2. The van der Waals surface area contributed by atoms with Gasteiger partial charge >= 0.3 is 0 Å². The zero-order valence-electron chi connectivity index (χ0n) is 21.7. The first kappa shape index (κ1) is 10.00. The zero-order valence-corrected chi connectivity index (χ0v) is 13.7. The van der Waals surface area contributed by atoms with Gasteiger partial charge in [0.25, 0.3) is 0 Å². The minimum atomic E-state index is -2.87. The van der Waals surface area contributed by atoms with Crippen LogP contribution in [0.25, 0.3) is 0 Å². The maximum absolute atomic E-state index is 10.1. The van der Waals surface area contributed by atoms with Crippen molar-refractivity contribution in [2.45, 2.75) is 56.7 Å². The number of aliphatic hydroxyl groups excluding tert-OH is 1. The number of β-amino-alcohol motifs (C(OH)–C–C–N with tert-alkyl or cyclic N) is 1. The minimum absolute atomic E-state index is 0.0230. The number of aryl methyl sites for hydroxylation is 1. The van der Waals surface area contributed by atoms with E-state index in [9.17, 15) is 10.2 Å². The van der Waals surface area contributed by atoms with E-state index in [4.69, 9.17) is 20.4 Å². The lowest BCUT2D eigenvalue weighted by Crippen LogP contribution is -2.46. The maximum atomic E-state index is 10.1. The molecule has 3 rings (SSSR count). The zero-order chi connectivity index (χ0) is 24.1. The van der Waals surface area contributed by atoms with E-state index in [1.54, 1.807) is 0 Å². The van der Waals surface area contributed by atoms with Crippen LogP contribution in [0.1, 0.15) is 48.6 Å². The molecule has 5 heteroatoms.